The Hall–Kier alpha value is -1.20. The Morgan fingerprint density at radius 2 is 1.95 bits per heavy atom. The zero-order valence-electron chi connectivity index (χ0n) is 12.2. The lowest BCUT2D eigenvalue weighted by Gasteiger charge is -2.25. The summed E-state index contributed by atoms with van der Waals surface area (Å²) in [5.74, 6) is -0.000893. The normalized spacial score (nSPS) is 24.6. The van der Waals surface area contributed by atoms with Gasteiger partial charge in [-0.05, 0) is 24.3 Å². The smallest absolute Gasteiger partial charge is 0.247 e. The van der Waals surface area contributed by atoms with Crippen LogP contribution in [0.5, 0.6) is 0 Å². The largest absolute Gasteiger partial charge is 0.300 e. The number of imide groups is 1. The highest BCUT2D eigenvalue weighted by molar-refractivity contribution is 7.09. The van der Waals surface area contributed by atoms with Crippen LogP contribution >= 0.6 is 11.3 Å². The van der Waals surface area contributed by atoms with E-state index in [1.165, 1.54) is 17.7 Å². The first-order chi connectivity index (χ1) is 10.3. The lowest BCUT2D eigenvalue weighted by molar-refractivity contribution is -0.141. The van der Waals surface area contributed by atoms with Crippen LogP contribution in [-0.2, 0) is 16.1 Å². The summed E-state index contributed by atoms with van der Waals surface area (Å²) in [7, 11) is 0. The molecule has 1 saturated heterocycles. The minimum atomic E-state index is -0.331. The summed E-state index contributed by atoms with van der Waals surface area (Å²) in [6.45, 7) is 0.667. The molecular weight excluding hydrogens is 284 g/mol. The highest BCUT2D eigenvalue weighted by Crippen LogP contribution is 2.26. The third-order valence-corrected chi connectivity index (χ3v) is 5.35. The van der Waals surface area contributed by atoms with Crippen LogP contribution in [0.15, 0.2) is 17.5 Å². The van der Waals surface area contributed by atoms with Gasteiger partial charge in [-0.15, -0.1) is 11.3 Å². The molecule has 2 fully saturated rings. The molecule has 1 atom stereocenters. The van der Waals surface area contributed by atoms with Crippen molar-refractivity contribution in [1.29, 1.82) is 0 Å². The van der Waals surface area contributed by atoms with E-state index in [9.17, 15) is 9.59 Å². The molecule has 0 aromatic carbocycles. The number of thiophene rings is 1. The van der Waals surface area contributed by atoms with Gasteiger partial charge in [0.25, 0.3) is 0 Å². The van der Waals surface area contributed by atoms with Crippen molar-refractivity contribution < 1.29 is 9.59 Å². The van der Waals surface area contributed by atoms with Crippen LogP contribution in [0, 0.1) is 0 Å². The van der Waals surface area contributed by atoms with Crippen molar-refractivity contribution in [2.24, 2.45) is 0 Å². The number of nitrogens with zero attached hydrogens (tertiary/aromatic N) is 1. The average Bonchev–Trinajstić information content (AvgIpc) is 2.98. The molecule has 1 unspecified atom stereocenters. The van der Waals surface area contributed by atoms with E-state index in [1.807, 2.05) is 17.5 Å². The van der Waals surface area contributed by atoms with Crippen LogP contribution in [0.2, 0.25) is 0 Å². The van der Waals surface area contributed by atoms with Gasteiger partial charge in [0.15, 0.2) is 0 Å². The number of nitrogens with one attached hydrogen (secondary N) is 1. The van der Waals surface area contributed by atoms with E-state index in [-0.39, 0.29) is 23.9 Å². The Morgan fingerprint density at radius 3 is 2.62 bits per heavy atom. The van der Waals surface area contributed by atoms with Crippen LogP contribution in [0.25, 0.3) is 0 Å². The minimum Gasteiger partial charge on any atom is -0.300 e. The molecule has 0 bridgehead atoms. The number of likely N-dealkylation sites (tertiary alicyclic amines) is 1. The molecule has 114 valence electrons. The second-order valence-corrected chi connectivity index (χ2v) is 7.00. The fraction of sp³-hybridized carbons (Fsp3) is 0.625. The maximum atomic E-state index is 12.5. The highest BCUT2D eigenvalue weighted by atomic mass is 32.1. The van der Waals surface area contributed by atoms with Gasteiger partial charge in [0.1, 0.15) is 0 Å². The molecule has 0 radical (unpaired) electrons. The molecule has 2 aliphatic rings. The Kier molecular flexibility index (Phi) is 4.70. The molecule has 1 saturated carbocycles. The van der Waals surface area contributed by atoms with Crippen LogP contribution in [-0.4, -0.2) is 28.8 Å². The first-order valence-corrected chi connectivity index (χ1v) is 8.75. The van der Waals surface area contributed by atoms with E-state index in [4.69, 9.17) is 0 Å². The summed E-state index contributed by atoms with van der Waals surface area (Å²) in [5, 5.41) is 5.27. The Labute approximate surface area is 129 Å². The van der Waals surface area contributed by atoms with E-state index in [0.29, 0.717) is 13.0 Å². The highest BCUT2D eigenvalue weighted by Gasteiger charge is 2.41. The zero-order valence-corrected chi connectivity index (χ0v) is 13.0. The van der Waals surface area contributed by atoms with Crippen LogP contribution in [0.1, 0.15) is 49.8 Å². The minimum absolute atomic E-state index is 0.00980. The summed E-state index contributed by atoms with van der Waals surface area (Å²) < 4.78 is 0. The van der Waals surface area contributed by atoms with Gasteiger partial charge in [-0.3, -0.25) is 14.5 Å². The topological polar surface area (TPSA) is 49.4 Å². The summed E-state index contributed by atoms with van der Waals surface area (Å²) >= 11 is 1.67. The number of carbonyl (C=O) groups excluding carboxylic acids is 2. The average molecular weight is 306 g/mol. The second kappa shape index (κ2) is 6.71. The number of hydrogen-bond acceptors (Lipinski definition) is 4. The predicted octanol–water partition coefficient (Wildman–Crippen LogP) is 2.69. The van der Waals surface area contributed by atoms with E-state index in [2.05, 4.69) is 5.32 Å². The number of rotatable bonds is 4. The van der Waals surface area contributed by atoms with Crippen LogP contribution < -0.4 is 5.32 Å². The maximum absolute atomic E-state index is 12.5. The van der Waals surface area contributed by atoms with Crippen molar-refractivity contribution in [3.05, 3.63) is 22.4 Å². The summed E-state index contributed by atoms with van der Waals surface area (Å²) in [6, 6.07) is 3.85. The van der Waals surface area contributed by atoms with Crippen LogP contribution in [0.3, 0.4) is 0 Å². The molecule has 4 nitrogen and oxygen atoms in total. The standard InChI is InChI=1S/C16H22N2O2S/c19-15-10-14(17-11-13-8-5-9-21-13)16(20)18(15)12-6-3-1-2-4-7-12/h5,8-9,12,14,17H,1-4,6-7,10-11H2. The summed E-state index contributed by atoms with van der Waals surface area (Å²) in [4.78, 5) is 27.5. The van der Waals surface area contributed by atoms with Gasteiger partial charge < -0.3 is 5.32 Å². The Balaban J connectivity index is 1.61. The third kappa shape index (κ3) is 3.35. The van der Waals surface area contributed by atoms with Crippen molar-refractivity contribution in [3.8, 4) is 0 Å². The van der Waals surface area contributed by atoms with Crippen molar-refractivity contribution >= 4 is 23.2 Å². The van der Waals surface area contributed by atoms with E-state index in [1.54, 1.807) is 16.2 Å². The van der Waals surface area contributed by atoms with Gasteiger partial charge in [0.2, 0.25) is 11.8 Å². The van der Waals surface area contributed by atoms with E-state index < -0.39 is 0 Å². The fourth-order valence-corrected chi connectivity index (χ4v) is 4.00. The SMILES string of the molecule is O=C1CC(NCc2cccs2)C(=O)N1C1CCCCCC1. The lowest BCUT2D eigenvalue weighted by atomic mass is 10.1. The third-order valence-electron chi connectivity index (χ3n) is 4.48. The molecule has 5 heteroatoms. The molecule has 1 aliphatic carbocycles. The second-order valence-electron chi connectivity index (χ2n) is 5.96. The van der Waals surface area contributed by atoms with Crippen molar-refractivity contribution in [3.63, 3.8) is 0 Å². The summed E-state index contributed by atoms with van der Waals surface area (Å²) in [6.07, 6.45) is 7.01. The van der Waals surface area contributed by atoms with Crippen LogP contribution in [0.4, 0.5) is 0 Å². The predicted molar refractivity (Wildman–Crippen MR) is 82.9 cm³/mol. The molecule has 2 amide bonds. The monoisotopic (exact) mass is 306 g/mol. The molecule has 3 rings (SSSR count). The van der Waals surface area contributed by atoms with Crippen molar-refractivity contribution in [2.75, 3.05) is 0 Å². The molecule has 21 heavy (non-hydrogen) atoms. The van der Waals surface area contributed by atoms with Gasteiger partial charge in [-0.25, -0.2) is 0 Å². The van der Waals surface area contributed by atoms with Gasteiger partial charge in [-0.1, -0.05) is 31.7 Å². The first-order valence-electron chi connectivity index (χ1n) is 7.87. The quantitative estimate of drug-likeness (QED) is 0.687. The molecule has 1 N–H and O–H groups in total. The van der Waals surface area contributed by atoms with E-state index >= 15 is 0 Å². The summed E-state index contributed by atoms with van der Waals surface area (Å²) in [5.41, 5.74) is 0. The van der Waals surface area contributed by atoms with Gasteiger partial charge in [-0.2, -0.15) is 0 Å². The maximum Gasteiger partial charge on any atom is 0.247 e. The number of amides is 2. The lowest BCUT2D eigenvalue weighted by Crippen LogP contribution is -2.43. The van der Waals surface area contributed by atoms with Gasteiger partial charge in [0.05, 0.1) is 12.5 Å². The Morgan fingerprint density at radius 1 is 1.19 bits per heavy atom. The fourth-order valence-electron chi connectivity index (χ4n) is 3.35. The van der Waals surface area contributed by atoms with Gasteiger partial charge >= 0.3 is 0 Å². The molecule has 1 aromatic heterocycles. The van der Waals surface area contributed by atoms with Gasteiger partial charge in [0, 0.05) is 17.5 Å². The molecule has 2 heterocycles. The Bertz CT molecular complexity index is 492. The van der Waals surface area contributed by atoms with Crippen molar-refractivity contribution in [2.45, 2.75) is 63.6 Å². The number of hydrogen-bond donors (Lipinski definition) is 1. The zero-order chi connectivity index (χ0) is 14.7. The molecule has 0 spiro atoms. The van der Waals surface area contributed by atoms with Crippen molar-refractivity contribution in [1.82, 2.24) is 10.2 Å². The number of carbonyl (C=O) groups is 2. The molecule has 1 aromatic rings. The molecule has 1 aliphatic heterocycles. The molecular formula is C16H22N2O2S. The first kappa shape index (κ1) is 14.7. The van der Waals surface area contributed by atoms with E-state index in [0.717, 1.165) is 25.7 Å².